The first-order valence-electron chi connectivity index (χ1n) is 9.48. The molecular formula is C23H19N3O5. The lowest BCUT2D eigenvalue weighted by atomic mass is 10.1. The van der Waals surface area contributed by atoms with Crippen LogP contribution < -0.4 is 25.6 Å². The summed E-state index contributed by atoms with van der Waals surface area (Å²) in [7, 11) is 0. The lowest BCUT2D eigenvalue weighted by Crippen LogP contribution is -2.41. The number of hydrogen-bond donors (Lipinski definition) is 3. The fourth-order valence-corrected chi connectivity index (χ4v) is 3.02. The van der Waals surface area contributed by atoms with Crippen molar-refractivity contribution < 1.29 is 23.9 Å². The molecule has 0 radical (unpaired) electrons. The molecule has 1 aliphatic rings. The van der Waals surface area contributed by atoms with Crippen molar-refractivity contribution in [3.63, 3.8) is 0 Å². The minimum Gasteiger partial charge on any atom is -0.454 e. The molecule has 0 aromatic heterocycles. The van der Waals surface area contributed by atoms with Crippen molar-refractivity contribution in [2.75, 3.05) is 12.1 Å². The summed E-state index contributed by atoms with van der Waals surface area (Å²) in [5.74, 6) is -0.207. The quantitative estimate of drug-likeness (QED) is 0.566. The van der Waals surface area contributed by atoms with Crippen molar-refractivity contribution in [3.8, 4) is 11.5 Å². The number of carbonyl (C=O) groups excluding carboxylic acids is 3. The summed E-state index contributed by atoms with van der Waals surface area (Å²) in [6.07, 6.45) is 0. The Morgan fingerprint density at radius 3 is 2.10 bits per heavy atom. The van der Waals surface area contributed by atoms with Crippen LogP contribution in [0.5, 0.6) is 11.5 Å². The van der Waals surface area contributed by atoms with E-state index >= 15 is 0 Å². The van der Waals surface area contributed by atoms with E-state index in [1.54, 1.807) is 54.6 Å². The van der Waals surface area contributed by atoms with E-state index in [9.17, 15) is 14.4 Å². The van der Waals surface area contributed by atoms with Crippen LogP contribution in [0.1, 0.15) is 36.6 Å². The zero-order valence-electron chi connectivity index (χ0n) is 16.6. The molecule has 3 aromatic carbocycles. The van der Waals surface area contributed by atoms with Gasteiger partial charge in [0.25, 0.3) is 17.7 Å². The van der Waals surface area contributed by atoms with E-state index in [1.165, 1.54) is 6.07 Å². The van der Waals surface area contributed by atoms with Crippen LogP contribution in [0.3, 0.4) is 0 Å². The van der Waals surface area contributed by atoms with Crippen LogP contribution in [-0.4, -0.2) is 24.5 Å². The summed E-state index contributed by atoms with van der Waals surface area (Å²) in [6.45, 7) is 2.00. The largest absolute Gasteiger partial charge is 0.454 e. The summed E-state index contributed by atoms with van der Waals surface area (Å²) in [4.78, 5) is 37.1. The Bertz CT molecular complexity index is 1180. The molecule has 4 rings (SSSR count). The number of hydrazine groups is 1. The summed E-state index contributed by atoms with van der Waals surface area (Å²) >= 11 is 0. The number of fused-ring (bicyclic) bond motifs is 1. The van der Waals surface area contributed by atoms with Gasteiger partial charge < -0.3 is 14.8 Å². The second-order valence-corrected chi connectivity index (χ2v) is 6.88. The summed E-state index contributed by atoms with van der Waals surface area (Å²) in [5, 5.41) is 2.74. The van der Waals surface area contributed by atoms with Crippen LogP contribution in [0.15, 0.2) is 66.7 Å². The molecule has 3 aromatic rings. The van der Waals surface area contributed by atoms with Crippen LogP contribution in [0, 0.1) is 6.92 Å². The van der Waals surface area contributed by atoms with E-state index in [1.807, 2.05) is 13.0 Å². The SMILES string of the molecule is Cc1cccc(C(=O)NNC(=O)c2cccc(NC(=O)c3ccc4c(c3)OCO4)c2)c1. The lowest BCUT2D eigenvalue weighted by Gasteiger charge is -2.10. The van der Waals surface area contributed by atoms with E-state index in [2.05, 4.69) is 16.2 Å². The first kappa shape index (κ1) is 20.0. The average molecular weight is 417 g/mol. The second kappa shape index (κ2) is 8.58. The number of ether oxygens (including phenoxy) is 2. The van der Waals surface area contributed by atoms with Gasteiger partial charge in [0.1, 0.15) is 0 Å². The maximum absolute atomic E-state index is 12.5. The molecule has 0 unspecified atom stereocenters. The Kier molecular flexibility index (Phi) is 5.53. The molecule has 3 amide bonds. The number of nitrogens with one attached hydrogen (secondary N) is 3. The zero-order valence-corrected chi connectivity index (χ0v) is 16.6. The number of carbonyl (C=O) groups is 3. The Hall–Kier alpha value is -4.33. The van der Waals surface area contributed by atoms with Gasteiger partial charge in [-0.2, -0.15) is 0 Å². The van der Waals surface area contributed by atoms with Gasteiger partial charge in [0.2, 0.25) is 6.79 Å². The predicted molar refractivity (Wildman–Crippen MR) is 113 cm³/mol. The molecule has 1 aliphatic heterocycles. The van der Waals surface area contributed by atoms with Crippen LogP contribution in [0.4, 0.5) is 5.69 Å². The van der Waals surface area contributed by atoms with E-state index in [-0.39, 0.29) is 18.3 Å². The number of rotatable bonds is 4. The minimum atomic E-state index is -0.514. The monoisotopic (exact) mass is 417 g/mol. The summed E-state index contributed by atoms with van der Waals surface area (Å²) in [5.41, 5.74) is 7.22. The molecule has 0 spiro atoms. The Morgan fingerprint density at radius 2 is 1.35 bits per heavy atom. The normalized spacial score (nSPS) is 11.5. The smallest absolute Gasteiger partial charge is 0.269 e. The lowest BCUT2D eigenvalue weighted by molar-refractivity contribution is 0.0846. The molecule has 0 aliphatic carbocycles. The minimum absolute atomic E-state index is 0.123. The van der Waals surface area contributed by atoms with Crippen molar-refractivity contribution in [1.82, 2.24) is 10.9 Å². The molecule has 8 nitrogen and oxygen atoms in total. The Balaban J connectivity index is 1.39. The van der Waals surface area contributed by atoms with Crippen LogP contribution in [-0.2, 0) is 0 Å². The predicted octanol–water partition coefficient (Wildman–Crippen LogP) is 3.05. The molecule has 0 saturated heterocycles. The molecule has 1 heterocycles. The van der Waals surface area contributed by atoms with E-state index in [0.717, 1.165) is 5.56 Å². The van der Waals surface area contributed by atoms with Gasteiger partial charge in [0.15, 0.2) is 11.5 Å². The average Bonchev–Trinajstić information content (AvgIpc) is 3.25. The molecule has 0 atom stereocenters. The molecule has 0 bridgehead atoms. The van der Waals surface area contributed by atoms with Crippen molar-refractivity contribution in [2.24, 2.45) is 0 Å². The van der Waals surface area contributed by atoms with Crippen LogP contribution in [0.2, 0.25) is 0 Å². The fraction of sp³-hybridized carbons (Fsp3) is 0.0870. The molecule has 3 N–H and O–H groups in total. The molecule has 31 heavy (non-hydrogen) atoms. The van der Waals surface area contributed by atoms with Crippen molar-refractivity contribution in [3.05, 3.63) is 89.0 Å². The third kappa shape index (κ3) is 4.64. The molecule has 0 fully saturated rings. The fourth-order valence-electron chi connectivity index (χ4n) is 3.02. The highest BCUT2D eigenvalue weighted by Gasteiger charge is 2.17. The van der Waals surface area contributed by atoms with E-state index in [0.29, 0.717) is 28.3 Å². The topological polar surface area (TPSA) is 106 Å². The number of amides is 3. The van der Waals surface area contributed by atoms with Crippen molar-refractivity contribution in [1.29, 1.82) is 0 Å². The third-order valence-electron chi connectivity index (χ3n) is 4.59. The van der Waals surface area contributed by atoms with Crippen LogP contribution in [0.25, 0.3) is 0 Å². The standard InChI is InChI=1S/C23H19N3O5/c1-14-4-2-5-15(10-14)22(28)25-26-23(29)16-6-3-7-18(11-16)24-21(27)17-8-9-19-20(12-17)31-13-30-19/h2-12H,13H2,1H3,(H,24,27)(H,25,28)(H,26,29). The maximum Gasteiger partial charge on any atom is 0.269 e. The number of anilines is 1. The van der Waals surface area contributed by atoms with Gasteiger partial charge in [0, 0.05) is 22.4 Å². The zero-order chi connectivity index (χ0) is 21.8. The summed E-state index contributed by atoms with van der Waals surface area (Å²) < 4.78 is 10.5. The van der Waals surface area contributed by atoms with Gasteiger partial charge in [-0.15, -0.1) is 0 Å². The highest BCUT2D eigenvalue weighted by molar-refractivity contribution is 6.05. The Labute approximate surface area is 178 Å². The van der Waals surface area contributed by atoms with Gasteiger partial charge in [-0.05, 0) is 55.5 Å². The second-order valence-electron chi connectivity index (χ2n) is 6.88. The molecular weight excluding hydrogens is 398 g/mol. The first-order valence-corrected chi connectivity index (χ1v) is 9.48. The molecule has 8 heteroatoms. The molecule has 156 valence electrons. The van der Waals surface area contributed by atoms with Crippen LogP contribution >= 0.6 is 0 Å². The maximum atomic E-state index is 12.5. The van der Waals surface area contributed by atoms with E-state index < -0.39 is 11.8 Å². The van der Waals surface area contributed by atoms with Gasteiger partial charge >= 0.3 is 0 Å². The number of benzene rings is 3. The van der Waals surface area contributed by atoms with Crippen molar-refractivity contribution in [2.45, 2.75) is 6.92 Å². The van der Waals surface area contributed by atoms with Gasteiger partial charge in [0.05, 0.1) is 0 Å². The Morgan fingerprint density at radius 1 is 0.710 bits per heavy atom. The highest BCUT2D eigenvalue weighted by Crippen LogP contribution is 2.32. The van der Waals surface area contributed by atoms with Crippen molar-refractivity contribution >= 4 is 23.4 Å². The number of aryl methyl sites for hydroxylation is 1. The highest BCUT2D eigenvalue weighted by atomic mass is 16.7. The van der Waals surface area contributed by atoms with Gasteiger partial charge in [-0.25, -0.2) is 0 Å². The van der Waals surface area contributed by atoms with Gasteiger partial charge in [-0.3, -0.25) is 25.2 Å². The first-order chi connectivity index (χ1) is 15.0. The third-order valence-corrected chi connectivity index (χ3v) is 4.59. The van der Waals surface area contributed by atoms with E-state index in [4.69, 9.17) is 9.47 Å². The summed E-state index contributed by atoms with van der Waals surface area (Å²) in [6, 6.07) is 18.3. The molecule has 0 saturated carbocycles. The number of hydrogen-bond acceptors (Lipinski definition) is 5. The van der Waals surface area contributed by atoms with Gasteiger partial charge in [-0.1, -0.05) is 23.8 Å².